The van der Waals surface area contributed by atoms with Crippen molar-refractivity contribution in [2.45, 2.75) is 38.1 Å². The van der Waals surface area contributed by atoms with Crippen LogP contribution in [0.1, 0.15) is 37.6 Å². The number of hydrogen-bond acceptors (Lipinski definition) is 4. The normalized spacial score (nSPS) is 19.0. The van der Waals surface area contributed by atoms with Gasteiger partial charge in [-0.3, -0.25) is 4.68 Å². The van der Waals surface area contributed by atoms with E-state index in [0.29, 0.717) is 5.92 Å². The van der Waals surface area contributed by atoms with Crippen LogP contribution in [-0.4, -0.2) is 26.8 Å². The van der Waals surface area contributed by atoms with E-state index >= 15 is 0 Å². The number of thiazole rings is 1. The number of nitrogens with zero attached hydrogens (tertiary/aromatic N) is 3. The third kappa shape index (κ3) is 3.54. The first kappa shape index (κ1) is 19.4. The maximum atomic E-state index is 4.97. The predicted molar refractivity (Wildman–Crippen MR) is 121 cm³/mol. The molecule has 0 aliphatic carbocycles. The highest BCUT2D eigenvalue weighted by molar-refractivity contribution is 7.18. The molecule has 1 unspecified atom stereocenters. The summed E-state index contributed by atoms with van der Waals surface area (Å²) in [5, 5.41) is 10.5. The zero-order valence-electron chi connectivity index (χ0n) is 16.4. The molecule has 28 heavy (non-hydrogen) atoms. The van der Waals surface area contributed by atoms with Gasteiger partial charge in [0.1, 0.15) is 0 Å². The van der Waals surface area contributed by atoms with Crippen molar-refractivity contribution in [2.75, 3.05) is 6.54 Å². The van der Waals surface area contributed by atoms with Crippen molar-refractivity contribution in [2.24, 2.45) is 7.05 Å². The van der Waals surface area contributed by atoms with E-state index in [0.717, 1.165) is 24.0 Å². The van der Waals surface area contributed by atoms with Gasteiger partial charge in [-0.2, -0.15) is 5.10 Å². The van der Waals surface area contributed by atoms with Crippen LogP contribution in [0.5, 0.6) is 0 Å². The van der Waals surface area contributed by atoms with E-state index in [1.807, 2.05) is 23.1 Å². The molecule has 1 N–H and O–H groups in total. The summed E-state index contributed by atoms with van der Waals surface area (Å²) < 4.78 is 3.15. The van der Waals surface area contributed by atoms with Gasteiger partial charge in [0.2, 0.25) is 0 Å². The van der Waals surface area contributed by atoms with Gasteiger partial charge in [-0.1, -0.05) is 12.1 Å². The highest BCUT2D eigenvalue weighted by Gasteiger charge is 2.30. The van der Waals surface area contributed by atoms with Crippen LogP contribution >= 0.6 is 23.7 Å². The van der Waals surface area contributed by atoms with E-state index in [9.17, 15) is 0 Å². The van der Waals surface area contributed by atoms with Crippen LogP contribution in [0.2, 0.25) is 0 Å². The summed E-state index contributed by atoms with van der Waals surface area (Å²) in [6.07, 6.45) is 4.40. The minimum absolute atomic E-state index is 0. The van der Waals surface area contributed by atoms with E-state index < -0.39 is 0 Å². The molecule has 4 aromatic rings. The summed E-state index contributed by atoms with van der Waals surface area (Å²) in [5.41, 5.74) is 4.84. The molecule has 2 aromatic heterocycles. The van der Waals surface area contributed by atoms with E-state index in [2.05, 4.69) is 66.9 Å². The molecule has 4 nitrogen and oxygen atoms in total. The van der Waals surface area contributed by atoms with E-state index in [1.54, 1.807) is 0 Å². The number of aromatic nitrogens is 3. The highest BCUT2D eigenvalue weighted by atomic mass is 35.5. The number of benzene rings is 2. The first-order valence-corrected chi connectivity index (χ1v) is 10.4. The Morgan fingerprint density at radius 3 is 2.64 bits per heavy atom. The quantitative estimate of drug-likeness (QED) is 0.471. The summed E-state index contributed by atoms with van der Waals surface area (Å²) >= 11 is 1.87. The highest BCUT2D eigenvalue weighted by Crippen LogP contribution is 2.38. The summed E-state index contributed by atoms with van der Waals surface area (Å²) in [7, 11) is 1.96. The van der Waals surface area contributed by atoms with E-state index in [4.69, 9.17) is 4.98 Å². The second kappa shape index (κ2) is 7.14. The molecule has 3 heterocycles. The third-order valence-corrected chi connectivity index (χ3v) is 6.74. The molecule has 0 bridgehead atoms. The smallest absolute Gasteiger partial charge is 0.0970 e. The average molecular weight is 413 g/mol. The molecule has 0 spiro atoms. The Hall–Kier alpha value is -1.95. The number of rotatable bonds is 2. The van der Waals surface area contributed by atoms with Crippen LogP contribution in [0, 0.1) is 0 Å². The molecule has 1 aliphatic heterocycles. The fourth-order valence-electron chi connectivity index (χ4n) is 4.21. The Morgan fingerprint density at radius 2 is 1.86 bits per heavy atom. The first-order valence-electron chi connectivity index (χ1n) is 9.56. The number of piperidine rings is 1. The van der Waals surface area contributed by atoms with E-state index in [1.165, 1.54) is 32.6 Å². The minimum Gasteiger partial charge on any atom is -0.312 e. The number of fused-ring (bicyclic) bond motifs is 2. The van der Waals surface area contributed by atoms with Crippen molar-refractivity contribution in [3.05, 3.63) is 47.6 Å². The molecular formula is C22H25ClN4S. The summed E-state index contributed by atoms with van der Waals surface area (Å²) in [6.45, 7) is 5.66. The van der Waals surface area contributed by atoms with Crippen LogP contribution in [0.3, 0.4) is 0 Å². The van der Waals surface area contributed by atoms with Crippen molar-refractivity contribution in [1.82, 2.24) is 20.1 Å². The molecule has 0 saturated carbocycles. The molecule has 1 saturated heterocycles. The van der Waals surface area contributed by atoms with Crippen LogP contribution in [-0.2, 0) is 7.05 Å². The summed E-state index contributed by atoms with van der Waals surface area (Å²) in [4.78, 5) is 4.97. The molecule has 0 amide bonds. The van der Waals surface area contributed by atoms with Crippen molar-refractivity contribution < 1.29 is 0 Å². The molecule has 1 fully saturated rings. The molecule has 146 valence electrons. The molecule has 0 radical (unpaired) electrons. The second-order valence-electron chi connectivity index (χ2n) is 8.31. The number of hydrogen-bond donors (Lipinski definition) is 1. The molecule has 1 atom stereocenters. The molecular weight excluding hydrogens is 388 g/mol. The molecule has 6 heteroatoms. The van der Waals surface area contributed by atoms with Gasteiger partial charge in [0.25, 0.3) is 0 Å². The number of nitrogens with one attached hydrogen (secondary N) is 1. The Labute approximate surface area is 175 Å². The van der Waals surface area contributed by atoms with Crippen LogP contribution in [0.15, 0.2) is 42.6 Å². The Morgan fingerprint density at radius 1 is 1.11 bits per heavy atom. The van der Waals surface area contributed by atoms with Gasteiger partial charge in [0.15, 0.2) is 0 Å². The zero-order valence-corrected chi connectivity index (χ0v) is 18.0. The monoisotopic (exact) mass is 412 g/mol. The number of halogens is 1. The molecule has 5 rings (SSSR count). The maximum Gasteiger partial charge on any atom is 0.0970 e. The SMILES string of the molecule is Cl.Cn1cc2cc(-c3ccc4nc(C5CCNC(C)(C)C5)sc4c3)ccc2n1. The Kier molecular flexibility index (Phi) is 4.94. The van der Waals surface area contributed by atoms with Gasteiger partial charge < -0.3 is 5.32 Å². The lowest BCUT2D eigenvalue weighted by Crippen LogP contribution is -2.45. The van der Waals surface area contributed by atoms with Gasteiger partial charge in [-0.25, -0.2) is 4.98 Å². The second-order valence-corrected chi connectivity index (χ2v) is 9.37. The number of aryl methyl sites for hydroxylation is 1. The zero-order chi connectivity index (χ0) is 18.6. The standard InChI is InChI=1S/C22H24N4S.ClH/c1-22(2)12-16(8-9-23-22)21-24-19-7-5-15(11-20(19)27-21)14-4-6-18-17(10-14)13-26(3)25-18;/h4-7,10-11,13,16,23H,8-9,12H2,1-3H3;1H. The summed E-state index contributed by atoms with van der Waals surface area (Å²) in [6, 6.07) is 13.1. The van der Waals surface area contributed by atoms with Crippen LogP contribution in [0.4, 0.5) is 0 Å². The Balaban J connectivity index is 0.00000192. The topological polar surface area (TPSA) is 42.7 Å². The van der Waals surface area contributed by atoms with Gasteiger partial charge in [-0.05, 0) is 68.6 Å². The largest absolute Gasteiger partial charge is 0.312 e. The minimum atomic E-state index is 0. The lowest BCUT2D eigenvalue weighted by Gasteiger charge is -2.35. The van der Waals surface area contributed by atoms with Crippen molar-refractivity contribution in [1.29, 1.82) is 0 Å². The first-order chi connectivity index (χ1) is 13.0. The van der Waals surface area contributed by atoms with Crippen molar-refractivity contribution >= 4 is 44.9 Å². The van der Waals surface area contributed by atoms with Gasteiger partial charge in [0, 0.05) is 30.1 Å². The average Bonchev–Trinajstić information content (AvgIpc) is 3.21. The molecule has 1 aliphatic rings. The third-order valence-electron chi connectivity index (χ3n) is 5.56. The lowest BCUT2D eigenvalue weighted by atomic mass is 9.85. The predicted octanol–water partition coefficient (Wildman–Crippen LogP) is 5.52. The van der Waals surface area contributed by atoms with Gasteiger partial charge in [-0.15, -0.1) is 23.7 Å². The molecule has 2 aromatic carbocycles. The van der Waals surface area contributed by atoms with Crippen molar-refractivity contribution in [3.63, 3.8) is 0 Å². The van der Waals surface area contributed by atoms with Gasteiger partial charge >= 0.3 is 0 Å². The lowest BCUT2D eigenvalue weighted by molar-refractivity contribution is 0.275. The fourth-order valence-corrected chi connectivity index (χ4v) is 5.35. The van der Waals surface area contributed by atoms with E-state index in [-0.39, 0.29) is 17.9 Å². The van der Waals surface area contributed by atoms with Gasteiger partial charge in [0.05, 0.1) is 20.7 Å². The fraction of sp³-hybridized carbons (Fsp3) is 0.364. The Bertz CT molecular complexity index is 1140. The van der Waals surface area contributed by atoms with Crippen molar-refractivity contribution in [3.8, 4) is 11.1 Å². The van der Waals surface area contributed by atoms with Crippen LogP contribution in [0.25, 0.3) is 32.2 Å². The summed E-state index contributed by atoms with van der Waals surface area (Å²) in [5.74, 6) is 0.564. The maximum absolute atomic E-state index is 4.97. The van der Waals surface area contributed by atoms with Crippen LogP contribution < -0.4 is 5.32 Å².